The van der Waals surface area contributed by atoms with Crippen LogP contribution in [0.5, 0.6) is 0 Å². The Morgan fingerprint density at radius 2 is 1.81 bits per heavy atom. The second-order valence-electron chi connectivity index (χ2n) is 6.61. The molecule has 0 aliphatic carbocycles. The molecule has 1 aliphatic rings. The first-order valence-electron chi connectivity index (χ1n) is 7.97. The summed E-state index contributed by atoms with van der Waals surface area (Å²) in [5, 5.41) is 0.852. The highest BCUT2D eigenvalue weighted by molar-refractivity contribution is 6.33. The quantitative estimate of drug-likeness (QED) is 0.907. The van der Waals surface area contributed by atoms with Crippen molar-refractivity contribution in [2.45, 2.75) is 33.2 Å². The van der Waals surface area contributed by atoms with E-state index in [4.69, 9.17) is 17.3 Å². The van der Waals surface area contributed by atoms with E-state index in [1.165, 1.54) is 17.8 Å². The first-order chi connectivity index (χ1) is 9.97. The van der Waals surface area contributed by atoms with Gasteiger partial charge < -0.3 is 10.6 Å². The Morgan fingerprint density at radius 3 is 2.38 bits per heavy atom. The molecular formula is C17H28ClN3. The van der Waals surface area contributed by atoms with E-state index in [0.717, 1.165) is 43.5 Å². The van der Waals surface area contributed by atoms with E-state index >= 15 is 0 Å². The average molecular weight is 310 g/mol. The number of halogens is 1. The number of nitrogens with two attached hydrogens (primary N) is 1. The van der Waals surface area contributed by atoms with Crippen molar-refractivity contribution < 1.29 is 0 Å². The minimum absolute atomic E-state index is 0.157. The van der Waals surface area contributed by atoms with Gasteiger partial charge in [0.2, 0.25) is 0 Å². The topological polar surface area (TPSA) is 32.5 Å². The maximum absolute atomic E-state index is 6.47. The molecule has 2 N–H and O–H groups in total. The van der Waals surface area contributed by atoms with Crippen molar-refractivity contribution in [1.29, 1.82) is 0 Å². The van der Waals surface area contributed by atoms with Crippen LogP contribution in [0.3, 0.4) is 0 Å². The molecule has 3 nitrogen and oxygen atoms in total. The minimum Gasteiger partial charge on any atom is -0.368 e. The fourth-order valence-electron chi connectivity index (χ4n) is 3.10. The molecule has 1 unspecified atom stereocenters. The van der Waals surface area contributed by atoms with Gasteiger partial charge in [-0.2, -0.15) is 0 Å². The molecule has 118 valence electrons. The van der Waals surface area contributed by atoms with Crippen LogP contribution in [0.1, 0.15) is 26.3 Å². The number of hydrogen-bond acceptors (Lipinski definition) is 3. The predicted octanol–water partition coefficient (Wildman–Crippen LogP) is 3.01. The lowest BCUT2D eigenvalue weighted by Crippen LogP contribution is -2.47. The van der Waals surface area contributed by atoms with Crippen LogP contribution < -0.4 is 10.6 Å². The maximum Gasteiger partial charge on any atom is 0.0642 e. The van der Waals surface area contributed by atoms with Gasteiger partial charge in [0.25, 0.3) is 0 Å². The van der Waals surface area contributed by atoms with Gasteiger partial charge in [-0.25, -0.2) is 0 Å². The maximum atomic E-state index is 6.47. The van der Waals surface area contributed by atoms with Crippen molar-refractivity contribution in [1.82, 2.24) is 4.90 Å². The molecule has 0 amide bonds. The summed E-state index contributed by atoms with van der Waals surface area (Å²) >= 11 is 6.47. The summed E-state index contributed by atoms with van der Waals surface area (Å²) in [6, 6.07) is 6.33. The summed E-state index contributed by atoms with van der Waals surface area (Å²) in [6.07, 6.45) is 0.877. The van der Waals surface area contributed by atoms with E-state index < -0.39 is 0 Å². The molecule has 1 heterocycles. The van der Waals surface area contributed by atoms with Gasteiger partial charge in [0.1, 0.15) is 0 Å². The van der Waals surface area contributed by atoms with Crippen LogP contribution in [0.15, 0.2) is 18.2 Å². The Balaban J connectivity index is 2.09. The van der Waals surface area contributed by atoms with Crippen LogP contribution in [0.4, 0.5) is 5.69 Å². The SMILES string of the molecule is CC(C)CN1CCN(c2c(Cl)cccc2CC(C)N)CC1. The van der Waals surface area contributed by atoms with Crippen molar-refractivity contribution in [3.63, 3.8) is 0 Å². The largest absolute Gasteiger partial charge is 0.368 e. The summed E-state index contributed by atoms with van der Waals surface area (Å²) in [5.74, 6) is 0.727. The van der Waals surface area contributed by atoms with Gasteiger partial charge in [-0.15, -0.1) is 0 Å². The number of anilines is 1. The smallest absolute Gasteiger partial charge is 0.0642 e. The van der Waals surface area contributed by atoms with Crippen molar-refractivity contribution in [2.75, 3.05) is 37.6 Å². The van der Waals surface area contributed by atoms with Crippen LogP contribution >= 0.6 is 11.6 Å². The Labute approximate surface area is 134 Å². The van der Waals surface area contributed by atoms with Crippen LogP contribution in [-0.2, 0) is 6.42 Å². The summed E-state index contributed by atoms with van der Waals surface area (Å²) in [7, 11) is 0. The zero-order chi connectivity index (χ0) is 15.4. The van der Waals surface area contributed by atoms with Gasteiger partial charge in [0, 0.05) is 38.8 Å². The van der Waals surface area contributed by atoms with Gasteiger partial charge >= 0.3 is 0 Å². The number of piperazine rings is 1. The normalized spacial score (nSPS) is 18.3. The average Bonchev–Trinajstić information content (AvgIpc) is 2.39. The fourth-order valence-corrected chi connectivity index (χ4v) is 3.41. The van der Waals surface area contributed by atoms with Crippen LogP contribution in [0.25, 0.3) is 0 Å². The molecule has 21 heavy (non-hydrogen) atoms. The highest BCUT2D eigenvalue weighted by Crippen LogP contribution is 2.31. The first kappa shape index (κ1) is 16.6. The summed E-state index contributed by atoms with van der Waals surface area (Å²) in [4.78, 5) is 4.97. The minimum atomic E-state index is 0.157. The van der Waals surface area contributed by atoms with Gasteiger partial charge in [-0.3, -0.25) is 4.90 Å². The van der Waals surface area contributed by atoms with Crippen molar-refractivity contribution in [3.05, 3.63) is 28.8 Å². The molecule has 4 heteroatoms. The molecule has 0 spiro atoms. The van der Waals surface area contributed by atoms with Crippen LogP contribution in [0.2, 0.25) is 5.02 Å². The Morgan fingerprint density at radius 1 is 1.14 bits per heavy atom. The van der Waals surface area contributed by atoms with E-state index in [9.17, 15) is 0 Å². The number of hydrogen-bond donors (Lipinski definition) is 1. The molecule has 1 atom stereocenters. The zero-order valence-corrected chi connectivity index (χ0v) is 14.2. The third-order valence-electron chi connectivity index (χ3n) is 3.92. The second-order valence-corrected chi connectivity index (χ2v) is 7.02. The van der Waals surface area contributed by atoms with E-state index in [1.807, 2.05) is 19.1 Å². The predicted molar refractivity (Wildman–Crippen MR) is 92.3 cm³/mol. The van der Waals surface area contributed by atoms with E-state index in [0.29, 0.717) is 0 Å². The lowest BCUT2D eigenvalue weighted by Gasteiger charge is -2.38. The molecule has 1 aromatic rings. The highest BCUT2D eigenvalue weighted by Gasteiger charge is 2.21. The molecule has 0 bridgehead atoms. The fraction of sp³-hybridized carbons (Fsp3) is 0.647. The van der Waals surface area contributed by atoms with Crippen molar-refractivity contribution >= 4 is 17.3 Å². The van der Waals surface area contributed by atoms with Crippen LogP contribution in [-0.4, -0.2) is 43.7 Å². The van der Waals surface area contributed by atoms with Crippen molar-refractivity contribution in [3.8, 4) is 0 Å². The van der Waals surface area contributed by atoms with E-state index in [2.05, 4.69) is 29.7 Å². The molecule has 0 saturated carbocycles. The zero-order valence-electron chi connectivity index (χ0n) is 13.5. The summed E-state index contributed by atoms with van der Waals surface area (Å²) in [5.41, 5.74) is 8.45. The molecule has 1 saturated heterocycles. The van der Waals surface area contributed by atoms with E-state index in [-0.39, 0.29) is 6.04 Å². The molecule has 2 rings (SSSR count). The Hall–Kier alpha value is -0.770. The molecule has 1 aliphatic heterocycles. The lowest BCUT2D eigenvalue weighted by atomic mass is 10.0. The molecule has 0 aromatic heterocycles. The first-order valence-corrected chi connectivity index (χ1v) is 8.35. The van der Waals surface area contributed by atoms with Crippen molar-refractivity contribution in [2.24, 2.45) is 11.7 Å². The molecule has 1 aromatic carbocycles. The number of nitrogens with zero attached hydrogens (tertiary/aromatic N) is 2. The molecule has 0 radical (unpaired) electrons. The summed E-state index contributed by atoms with van der Waals surface area (Å²) < 4.78 is 0. The third kappa shape index (κ3) is 4.60. The highest BCUT2D eigenvalue weighted by atomic mass is 35.5. The third-order valence-corrected chi connectivity index (χ3v) is 4.23. The number of rotatable bonds is 5. The number of benzene rings is 1. The van der Waals surface area contributed by atoms with Crippen LogP contribution in [0, 0.1) is 5.92 Å². The number of para-hydroxylation sites is 1. The van der Waals surface area contributed by atoms with Gasteiger partial charge in [0.05, 0.1) is 10.7 Å². The monoisotopic (exact) mass is 309 g/mol. The van der Waals surface area contributed by atoms with E-state index in [1.54, 1.807) is 0 Å². The molecular weight excluding hydrogens is 282 g/mol. The standard InChI is InChI=1S/C17H28ClN3/c1-13(2)12-20-7-9-21(10-8-20)17-15(11-14(3)19)5-4-6-16(17)18/h4-6,13-14H,7-12,19H2,1-3H3. The van der Waals surface area contributed by atoms with Gasteiger partial charge in [0.15, 0.2) is 0 Å². The second kappa shape index (κ2) is 7.48. The lowest BCUT2D eigenvalue weighted by molar-refractivity contribution is 0.231. The van der Waals surface area contributed by atoms with Gasteiger partial charge in [-0.05, 0) is 30.9 Å². The van der Waals surface area contributed by atoms with Gasteiger partial charge in [-0.1, -0.05) is 37.6 Å². The Kier molecular flexibility index (Phi) is 5.91. The Bertz CT molecular complexity index is 451. The summed E-state index contributed by atoms with van der Waals surface area (Å²) in [6.45, 7) is 12.1. The molecule has 1 fully saturated rings.